The van der Waals surface area contributed by atoms with Crippen molar-refractivity contribution in [1.29, 1.82) is 0 Å². The van der Waals surface area contributed by atoms with Gasteiger partial charge in [0.2, 0.25) is 0 Å². The van der Waals surface area contributed by atoms with Gasteiger partial charge in [0.15, 0.2) is 0 Å². The lowest BCUT2D eigenvalue weighted by atomic mass is 9.96. The zero-order valence-electron chi connectivity index (χ0n) is 17.2. The van der Waals surface area contributed by atoms with Gasteiger partial charge in [-0.3, -0.25) is 4.90 Å². The molecule has 2 aromatic rings. The maximum absolute atomic E-state index is 5.85. The van der Waals surface area contributed by atoms with E-state index in [2.05, 4.69) is 93.4 Å². The Morgan fingerprint density at radius 1 is 1.00 bits per heavy atom. The zero-order valence-corrected chi connectivity index (χ0v) is 17.2. The summed E-state index contributed by atoms with van der Waals surface area (Å²) in [6.07, 6.45) is 5.80. The first-order chi connectivity index (χ1) is 13.0. The molecule has 0 heterocycles. The van der Waals surface area contributed by atoms with E-state index in [9.17, 15) is 0 Å². The third kappa shape index (κ3) is 4.58. The highest BCUT2D eigenvalue weighted by atomic mass is 16.5. The first-order valence-electron chi connectivity index (χ1n) is 9.76. The molecule has 142 valence electrons. The molecule has 0 unspecified atom stereocenters. The Kier molecular flexibility index (Phi) is 6.30. The van der Waals surface area contributed by atoms with Crippen molar-refractivity contribution in [2.45, 2.75) is 39.3 Å². The van der Waals surface area contributed by atoms with Crippen molar-refractivity contribution in [1.82, 2.24) is 4.90 Å². The Hall–Kier alpha value is -2.16. The molecule has 2 heteroatoms. The summed E-state index contributed by atoms with van der Waals surface area (Å²) in [5, 5.41) is 0. The lowest BCUT2D eigenvalue weighted by Crippen LogP contribution is -2.36. The van der Waals surface area contributed by atoms with Gasteiger partial charge in [0.05, 0.1) is 6.10 Å². The quantitative estimate of drug-likeness (QED) is 0.625. The van der Waals surface area contributed by atoms with E-state index in [1.807, 2.05) is 0 Å². The molecule has 27 heavy (non-hydrogen) atoms. The predicted octanol–water partition coefficient (Wildman–Crippen LogP) is 5.72. The van der Waals surface area contributed by atoms with Crippen molar-refractivity contribution in [2.75, 3.05) is 20.7 Å². The molecule has 2 aromatic carbocycles. The van der Waals surface area contributed by atoms with Crippen molar-refractivity contribution in [3.05, 3.63) is 88.5 Å². The van der Waals surface area contributed by atoms with Gasteiger partial charge in [0.25, 0.3) is 0 Å². The van der Waals surface area contributed by atoms with E-state index < -0.39 is 0 Å². The summed E-state index contributed by atoms with van der Waals surface area (Å²) in [4.78, 5) is 2.40. The molecule has 2 atom stereocenters. The first-order valence-corrected chi connectivity index (χ1v) is 9.76. The first kappa shape index (κ1) is 19.6. The monoisotopic (exact) mass is 361 g/mol. The summed E-state index contributed by atoms with van der Waals surface area (Å²) in [5.74, 6) is 0. The van der Waals surface area contributed by atoms with Crippen LogP contribution in [0.5, 0.6) is 0 Å². The van der Waals surface area contributed by atoms with Crippen LogP contribution in [0, 0.1) is 13.8 Å². The molecule has 0 N–H and O–H groups in total. The average molecular weight is 362 g/mol. The fourth-order valence-corrected chi connectivity index (χ4v) is 4.04. The van der Waals surface area contributed by atoms with E-state index in [0.717, 1.165) is 13.0 Å². The van der Waals surface area contributed by atoms with Gasteiger partial charge in [-0.15, -0.1) is 0 Å². The second-order valence-corrected chi connectivity index (χ2v) is 7.68. The predicted molar refractivity (Wildman–Crippen MR) is 115 cm³/mol. The smallest absolute Gasteiger partial charge is 0.0973 e. The molecular weight excluding hydrogens is 330 g/mol. The minimum atomic E-state index is 0.0619. The van der Waals surface area contributed by atoms with Gasteiger partial charge in [0.1, 0.15) is 0 Å². The van der Waals surface area contributed by atoms with Gasteiger partial charge in [-0.05, 0) is 56.5 Å². The van der Waals surface area contributed by atoms with Crippen molar-refractivity contribution < 1.29 is 4.74 Å². The Bertz CT molecular complexity index is 814. The minimum absolute atomic E-state index is 0.0619. The van der Waals surface area contributed by atoms with Crippen LogP contribution in [0.3, 0.4) is 0 Å². The van der Waals surface area contributed by atoms with Crippen molar-refractivity contribution in [3.8, 4) is 0 Å². The van der Waals surface area contributed by atoms with Gasteiger partial charge in [-0.1, -0.05) is 71.8 Å². The maximum Gasteiger partial charge on any atom is 0.0973 e. The summed E-state index contributed by atoms with van der Waals surface area (Å²) in [7, 11) is 4.00. The molecule has 0 spiro atoms. The molecule has 2 nitrogen and oxygen atoms in total. The van der Waals surface area contributed by atoms with Crippen LogP contribution in [-0.2, 0) is 4.74 Å². The summed E-state index contributed by atoms with van der Waals surface area (Å²) < 4.78 is 5.85. The maximum atomic E-state index is 5.85. The number of aryl methyl sites for hydroxylation is 2. The molecule has 0 radical (unpaired) electrons. The SMILES string of the molecule is CO[C@H](c1ccccc1)[C@H](C)N(C)CC1=CCC=C1c1cc(C)cc(C)c1. The third-order valence-corrected chi connectivity index (χ3v) is 5.50. The lowest BCUT2D eigenvalue weighted by molar-refractivity contribution is 0.0335. The number of likely N-dealkylation sites (N-methyl/N-ethyl adjacent to an activating group) is 1. The Labute approximate surface area is 164 Å². The molecule has 0 amide bonds. The second kappa shape index (κ2) is 8.69. The van der Waals surface area contributed by atoms with Gasteiger partial charge in [-0.25, -0.2) is 0 Å². The second-order valence-electron chi connectivity index (χ2n) is 7.68. The summed E-state index contributed by atoms with van der Waals surface area (Å²) >= 11 is 0. The fourth-order valence-electron chi connectivity index (χ4n) is 4.04. The molecule has 0 saturated heterocycles. The van der Waals surface area contributed by atoms with Gasteiger partial charge >= 0.3 is 0 Å². The van der Waals surface area contributed by atoms with Gasteiger partial charge in [-0.2, -0.15) is 0 Å². The Morgan fingerprint density at radius 3 is 2.30 bits per heavy atom. The average Bonchev–Trinajstić information content (AvgIpc) is 3.10. The van der Waals surface area contributed by atoms with E-state index in [-0.39, 0.29) is 12.1 Å². The van der Waals surface area contributed by atoms with Crippen LogP contribution in [-0.4, -0.2) is 31.6 Å². The largest absolute Gasteiger partial charge is 0.375 e. The number of hydrogen-bond acceptors (Lipinski definition) is 2. The third-order valence-electron chi connectivity index (χ3n) is 5.50. The molecule has 3 rings (SSSR count). The Balaban J connectivity index is 1.75. The van der Waals surface area contributed by atoms with Gasteiger partial charge < -0.3 is 4.74 Å². The van der Waals surface area contributed by atoms with Crippen molar-refractivity contribution in [2.24, 2.45) is 0 Å². The molecule has 1 aliphatic rings. The number of allylic oxidation sites excluding steroid dienone is 2. The molecule has 1 aliphatic carbocycles. The van der Waals surface area contributed by atoms with E-state index >= 15 is 0 Å². The highest BCUT2D eigenvalue weighted by Crippen LogP contribution is 2.32. The molecule has 0 aliphatic heterocycles. The zero-order chi connectivity index (χ0) is 19.4. The summed E-state index contributed by atoms with van der Waals surface area (Å²) in [5.41, 5.74) is 8.00. The van der Waals surface area contributed by atoms with E-state index in [0.29, 0.717) is 0 Å². The molecule has 0 saturated carbocycles. The van der Waals surface area contributed by atoms with Crippen LogP contribution in [0.25, 0.3) is 5.57 Å². The highest BCUT2D eigenvalue weighted by Gasteiger charge is 2.24. The lowest BCUT2D eigenvalue weighted by Gasteiger charge is -2.32. The number of hydrogen-bond donors (Lipinski definition) is 0. The number of ether oxygens (including phenoxy) is 1. The van der Waals surface area contributed by atoms with Crippen molar-refractivity contribution in [3.63, 3.8) is 0 Å². The van der Waals surface area contributed by atoms with E-state index in [1.54, 1.807) is 7.11 Å². The Morgan fingerprint density at radius 2 is 1.67 bits per heavy atom. The normalized spacial score (nSPS) is 16.2. The topological polar surface area (TPSA) is 12.5 Å². The molecular formula is C25H31NO. The van der Waals surface area contributed by atoms with Crippen LogP contribution in [0.1, 0.15) is 41.7 Å². The van der Waals surface area contributed by atoms with Crippen LogP contribution < -0.4 is 0 Å². The van der Waals surface area contributed by atoms with Crippen LogP contribution in [0.2, 0.25) is 0 Å². The molecule has 0 aromatic heterocycles. The van der Waals surface area contributed by atoms with E-state index in [4.69, 9.17) is 4.74 Å². The molecule has 0 fully saturated rings. The number of benzene rings is 2. The summed E-state index contributed by atoms with van der Waals surface area (Å²) in [6, 6.07) is 17.6. The van der Waals surface area contributed by atoms with Crippen molar-refractivity contribution >= 4 is 5.57 Å². The van der Waals surface area contributed by atoms with Crippen LogP contribution in [0.4, 0.5) is 0 Å². The van der Waals surface area contributed by atoms with Crippen LogP contribution in [0.15, 0.2) is 66.3 Å². The van der Waals surface area contributed by atoms with Crippen LogP contribution >= 0.6 is 0 Å². The minimum Gasteiger partial charge on any atom is -0.375 e. The number of methoxy groups -OCH3 is 1. The van der Waals surface area contributed by atoms with Gasteiger partial charge in [0, 0.05) is 19.7 Å². The molecule has 0 bridgehead atoms. The fraction of sp³-hybridized carbons (Fsp3) is 0.360. The number of rotatable bonds is 7. The van der Waals surface area contributed by atoms with E-state index in [1.165, 1.54) is 33.4 Å². The summed E-state index contributed by atoms with van der Waals surface area (Å²) in [6.45, 7) is 7.52. The standard InChI is InChI=1S/C25H31NO/c1-18-14-19(2)16-23(15-18)24-13-9-12-22(24)17-26(4)20(3)25(27-5)21-10-7-6-8-11-21/h6-8,10-16,20,25H,9,17H2,1-5H3/t20-,25-/m0/s1. The highest BCUT2D eigenvalue weighted by molar-refractivity contribution is 5.82. The number of nitrogens with zero attached hydrogens (tertiary/aromatic N) is 1.